The molecule has 2 aromatic rings. The van der Waals surface area contributed by atoms with Gasteiger partial charge >= 0.3 is 6.18 Å². The molecule has 0 atom stereocenters. The SMILES string of the molecule is Cc1cc(OCC(=O)N/N=C\c2ccccc2C(F)(F)F)ccc1C(C)C. The zero-order chi connectivity index (χ0) is 20.0. The van der Waals surface area contributed by atoms with E-state index in [9.17, 15) is 18.0 Å². The van der Waals surface area contributed by atoms with E-state index >= 15 is 0 Å². The van der Waals surface area contributed by atoms with Gasteiger partial charge in [-0.2, -0.15) is 18.3 Å². The first-order chi connectivity index (χ1) is 12.7. The summed E-state index contributed by atoms with van der Waals surface area (Å²) in [5.74, 6) is 0.357. The number of nitrogens with one attached hydrogen (secondary N) is 1. The Morgan fingerprint density at radius 1 is 1.22 bits per heavy atom. The zero-order valence-electron chi connectivity index (χ0n) is 15.3. The van der Waals surface area contributed by atoms with Gasteiger partial charge in [0.1, 0.15) is 5.75 Å². The van der Waals surface area contributed by atoms with Crippen molar-refractivity contribution in [2.24, 2.45) is 5.10 Å². The first-order valence-corrected chi connectivity index (χ1v) is 8.40. The summed E-state index contributed by atoms with van der Waals surface area (Å²) in [7, 11) is 0. The van der Waals surface area contributed by atoms with Crippen molar-refractivity contribution in [3.05, 3.63) is 64.7 Å². The van der Waals surface area contributed by atoms with Crippen LogP contribution in [0.3, 0.4) is 0 Å². The lowest BCUT2D eigenvalue weighted by molar-refractivity contribution is -0.137. The predicted octanol–water partition coefficient (Wildman–Crippen LogP) is 4.67. The number of hydrazone groups is 1. The third-order valence-corrected chi connectivity index (χ3v) is 3.89. The zero-order valence-corrected chi connectivity index (χ0v) is 15.3. The minimum absolute atomic E-state index is 0.133. The van der Waals surface area contributed by atoms with Crippen LogP contribution in [0.2, 0.25) is 0 Å². The molecule has 0 aliphatic rings. The van der Waals surface area contributed by atoms with E-state index in [0.29, 0.717) is 11.7 Å². The van der Waals surface area contributed by atoms with Crippen LogP contribution in [0.5, 0.6) is 5.75 Å². The number of hydrogen-bond acceptors (Lipinski definition) is 3. The smallest absolute Gasteiger partial charge is 0.417 e. The Morgan fingerprint density at radius 2 is 1.93 bits per heavy atom. The van der Waals surface area contributed by atoms with Crippen LogP contribution in [0, 0.1) is 6.92 Å². The highest BCUT2D eigenvalue weighted by molar-refractivity contribution is 5.84. The van der Waals surface area contributed by atoms with Crippen molar-refractivity contribution in [1.29, 1.82) is 0 Å². The van der Waals surface area contributed by atoms with E-state index in [4.69, 9.17) is 4.74 Å². The maximum Gasteiger partial charge on any atom is 0.417 e. The van der Waals surface area contributed by atoms with E-state index in [0.717, 1.165) is 17.8 Å². The summed E-state index contributed by atoms with van der Waals surface area (Å²) < 4.78 is 44.1. The van der Waals surface area contributed by atoms with Gasteiger partial charge in [-0.05, 0) is 42.2 Å². The van der Waals surface area contributed by atoms with Crippen molar-refractivity contribution < 1.29 is 22.7 Å². The number of benzene rings is 2. The van der Waals surface area contributed by atoms with E-state index in [1.54, 1.807) is 6.07 Å². The van der Waals surface area contributed by atoms with Crippen molar-refractivity contribution in [3.8, 4) is 5.75 Å². The van der Waals surface area contributed by atoms with Gasteiger partial charge in [0, 0.05) is 5.56 Å². The molecule has 0 saturated carbocycles. The summed E-state index contributed by atoms with van der Waals surface area (Å²) in [4.78, 5) is 11.8. The summed E-state index contributed by atoms with van der Waals surface area (Å²) in [5.41, 5.74) is 3.46. The molecule has 2 rings (SSSR count). The van der Waals surface area contributed by atoms with E-state index < -0.39 is 17.6 Å². The Balaban J connectivity index is 1.92. The highest BCUT2D eigenvalue weighted by atomic mass is 19.4. The molecule has 0 fully saturated rings. The summed E-state index contributed by atoms with van der Waals surface area (Å²) in [6, 6.07) is 10.5. The monoisotopic (exact) mass is 378 g/mol. The maximum atomic E-state index is 12.9. The van der Waals surface area contributed by atoms with E-state index in [1.807, 2.05) is 19.1 Å². The molecule has 0 aliphatic carbocycles. The lowest BCUT2D eigenvalue weighted by atomic mass is 9.98. The minimum Gasteiger partial charge on any atom is -0.484 e. The number of carbonyl (C=O) groups is 1. The molecule has 27 heavy (non-hydrogen) atoms. The highest BCUT2D eigenvalue weighted by Gasteiger charge is 2.32. The van der Waals surface area contributed by atoms with E-state index in [-0.39, 0.29) is 12.2 Å². The number of carbonyl (C=O) groups excluding carboxylic acids is 1. The molecule has 2 aromatic carbocycles. The van der Waals surface area contributed by atoms with Gasteiger partial charge in [-0.25, -0.2) is 5.43 Å². The lowest BCUT2D eigenvalue weighted by Crippen LogP contribution is -2.24. The number of ether oxygens (including phenoxy) is 1. The number of hydrogen-bond donors (Lipinski definition) is 1. The fraction of sp³-hybridized carbons (Fsp3) is 0.300. The quantitative estimate of drug-likeness (QED) is 0.587. The largest absolute Gasteiger partial charge is 0.484 e. The van der Waals surface area contributed by atoms with Crippen molar-refractivity contribution >= 4 is 12.1 Å². The van der Waals surface area contributed by atoms with Crippen molar-refractivity contribution in [2.75, 3.05) is 6.61 Å². The second kappa shape index (κ2) is 8.70. The molecule has 1 amide bonds. The van der Waals surface area contributed by atoms with E-state index in [2.05, 4.69) is 24.4 Å². The maximum absolute atomic E-state index is 12.9. The third-order valence-electron chi connectivity index (χ3n) is 3.89. The molecule has 1 N–H and O–H groups in total. The molecule has 4 nitrogen and oxygen atoms in total. The second-order valence-corrected chi connectivity index (χ2v) is 6.34. The molecule has 0 spiro atoms. The molecule has 7 heteroatoms. The fourth-order valence-electron chi connectivity index (χ4n) is 2.61. The first-order valence-electron chi connectivity index (χ1n) is 8.40. The van der Waals surface area contributed by atoms with Crippen LogP contribution >= 0.6 is 0 Å². The van der Waals surface area contributed by atoms with Crippen LogP contribution in [0.15, 0.2) is 47.6 Å². The summed E-state index contributed by atoms with van der Waals surface area (Å²) in [6.45, 7) is 5.85. The van der Waals surface area contributed by atoms with Crippen molar-refractivity contribution in [3.63, 3.8) is 0 Å². The predicted molar refractivity (Wildman–Crippen MR) is 97.9 cm³/mol. The van der Waals surface area contributed by atoms with Crippen LogP contribution < -0.4 is 10.2 Å². The molecule has 0 saturated heterocycles. The van der Waals surface area contributed by atoms with E-state index in [1.165, 1.54) is 23.8 Å². The Morgan fingerprint density at radius 3 is 2.56 bits per heavy atom. The molecule has 0 unspecified atom stereocenters. The average molecular weight is 378 g/mol. The molecule has 0 heterocycles. The van der Waals surface area contributed by atoms with Crippen LogP contribution in [-0.4, -0.2) is 18.7 Å². The van der Waals surface area contributed by atoms with Crippen LogP contribution in [0.1, 0.15) is 42.0 Å². The van der Waals surface area contributed by atoms with Gasteiger partial charge in [0.05, 0.1) is 11.8 Å². The number of alkyl halides is 3. The Labute approximate surface area is 156 Å². The van der Waals surface area contributed by atoms with Gasteiger partial charge in [-0.3, -0.25) is 4.79 Å². The van der Waals surface area contributed by atoms with Gasteiger partial charge in [0.25, 0.3) is 5.91 Å². The number of aryl methyl sites for hydroxylation is 1. The Hall–Kier alpha value is -2.83. The molecule has 0 bridgehead atoms. The molecule has 0 aromatic heterocycles. The third kappa shape index (κ3) is 5.84. The number of halogens is 3. The average Bonchev–Trinajstić information content (AvgIpc) is 2.59. The Kier molecular flexibility index (Phi) is 6.60. The Bertz CT molecular complexity index is 830. The summed E-state index contributed by atoms with van der Waals surface area (Å²) >= 11 is 0. The number of amides is 1. The van der Waals surface area contributed by atoms with Gasteiger partial charge in [0.2, 0.25) is 0 Å². The summed E-state index contributed by atoms with van der Waals surface area (Å²) in [5, 5.41) is 3.58. The molecular formula is C20H21F3N2O2. The van der Waals surface area contributed by atoms with Crippen LogP contribution in [-0.2, 0) is 11.0 Å². The van der Waals surface area contributed by atoms with Gasteiger partial charge in [0.15, 0.2) is 6.61 Å². The molecular weight excluding hydrogens is 357 g/mol. The molecule has 0 radical (unpaired) electrons. The lowest BCUT2D eigenvalue weighted by Gasteiger charge is -2.12. The van der Waals surface area contributed by atoms with Crippen LogP contribution in [0.25, 0.3) is 0 Å². The second-order valence-electron chi connectivity index (χ2n) is 6.34. The van der Waals surface area contributed by atoms with Crippen molar-refractivity contribution in [1.82, 2.24) is 5.43 Å². The number of nitrogens with zero attached hydrogens (tertiary/aromatic N) is 1. The van der Waals surface area contributed by atoms with Gasteiger partial charge in [-0.15, -0.1) is 0 Å². The van der Waals surface area contributed by atoms with Gasteiger partial charge < -0.3 is 4.74 Å². The first kappa shape index (κ1) is 20.5. The molecule has 0 aliphatic heterocycles. The standard InChI is InChI=1S/C20H21F3N2O2/c1-13(2)17-9-8-16(10-14(17)3)27-12-19(26)25-24-11-15-6-4-5-7-18(15)20(21,22)23/h4-11,13H,12H2,1-3H3,(H,25,26)/b24-11-. The number of rotatable bonds is 6. The summed E-state index contributed by atoms with van der Waals surface area (Å²) in [6.07, 6.45) is -3.53. The van der Waals surface area contributed by atoms with Crippen LogP contribution in [0.4, 0.5) is 13.2 Å². The fourth-order valence-corrected chi connectivity index (χ4v) is 2.61. The van der Waals surface area contributed by atoms with Crippen molar-refractivity contribution in [2.45, 2.75) is 32.9 Å². The molecule has 144 valence electrons. The minimum atomic E-state index is -4.49. The highest BCUT2D eigenvalue weighted by Crippen LogP contribution is 2.31. The van der Waals surface area contributed by atoms with Gasteiger partial charge in [-0.1, -0.05) is 38.1 Å². The topological polar surface area (TPSA) is 50.7 Å². The normalized spacial score (nSPS) is 11.8.